The Morgan fingerprint density at radius 2 is 1.53 bits per heavy atom. The van der Waals surface area contributed by atoms with E-state index in [1.165, 1.54) is 13.0 Å². The highest BCUT2D eigenvalue weighted by Gasteiger charge is 2.30. The smallest absolute Gasteiger partial charge is 0.407 e. The molecule has 0 unspecified atom stereocenters. The molecular formula is C34H43F5N4O6. The summed E-state index contributed by atoms with van der Waals surface area (Å²) < 4.78 is 85.6. The normalized spacial score (nSPS) is 12.9. The first-order valence-corrected chi connectivity index (χ1v) is 15.4. The Morgan fingerprint density at radius 3 is 2.08 bits per heavy atom. The van der Waals surface area contributed by atoms with Crippen LogP contribution in [-0.2, 0) is 4.74 Å². The lowest BCUT2D eigenvalue weighted by Gasteiger charge is -2.27. The molecule has 0 aliphatic rings. The third kappa shape index (κ3) is 11.5. The molecule has 2 aromatic carbocycles. The summed E-state index contributed by atoms with van der Waals surface area (Å²) in [7, 11) is 1.75. The van der Waals surface area contributed by atoms with Gasteiger partial charge in [0.05, 0.1) is 16.8 Å². The highest BCUT2D eigenvalue weighted by molar-refractivity contribution is 6.01. The Kier molecular flexibility index (Phi) is 14.6. The van der Waals surface area contributed by atoms with Gasteiger partial charge in [0.1, 0.15) is 11.4 Å². The minimum atomic E-state index is -2.42. The predicted molar refractivity (Wildman–Crippen MR) is 173 cm³/mol. The standard InChI is InChI=1S/C34H43F5N4O6/c1-9-18(3)11-12-22(40)24(17-43(8)14-13-42-33(46)49-34(5,6)7)47-23-15-19(4)20(16-21(23)31(44)41-10-2)32(45)48-30-28(38)26(36)25(35)27(37)29(30)39/h11-12,15-16,24H,9-10,13-14,17,40H2,1-8H3,(H,41,44)(H,42,46)/b18-11-,22-12-/t24-/m1/s1. The molecule has 0 bridgehead atoms. The van der Waals surface area contributed by atoms with Crippen LogP contribution in [0.4, 0.5) is 26.7 Å². The first-order chi connectivity index (χ1) is 22.8. The molecule has 2 rings (SSSR count). The van der Waals surface area contributed by atoms with E-state index in [1.54, 1.807) is 40.8 Å². The van der Waals surface area contributed by atoms with Crippen LogP contribution in [0.15, 0.2) is 35.6 Å². The van der Waals surface area contributed by atoms with Gasteiger partial charge >= 0.3 is 12.1 Å². The van der Waals surface area contributed by atoms with Crippen molar-refractivity contribution in [2.75, 3.05) is 33.2 Å². The van der Waals surface area contributed by atoms with Crippen molar-refractivity contribution >= 4 is 18.0 Å². The number of benzene rings is 2. The Hall–Kier alpha value is -4.66. The molecule has 0 saturated carbocycles. The number of nitrogens with two attached hydrogens (primary N) is 1. The summed E-state index contributed by atoms with van der Waals surface area (Å²) in [5.74, 6) is -15.7. The average molecular weight is 699 g/mol. The Bertz CT molecular complexity index is 1580. The number of amides is 2. The van der Waals surface area contributed by atoms with Crippen molar-refractivity contribution in [2.45, 2.75) is 66.6 Å². The number of hydrogen-bond donors (Lipinski definition) is 3. The van der Waals surface area contributed by atoms with Gasteiger partial charge in [0, 0.05) is 26.2 Å². The van der Waals surface area contributed by atoms with Gasteiger partial charge in [-0.25, -0.2) is 22.8 Å². The van der Waals surface area contributed by atoms with E-state index in [1.807, 2.05) is 24.8 Å². The number of aryl methyl sites for hydroxylation is 1. The van der Waals surface area contributed by atoms with E-state index in [0.29, 0.717) is 6.54 Å². The maximum atomic E-state index is 14.3. The molecule has 0 aromatic heterocycles. The SMILES string of the molecule is CCNC(=O)c1cc(C(=O)Oc2c(F)c(F)c(F)c(F)c2F)c(C)cc1O[C@H](CN(C)CCNC(=O)OC(C)(C)C)/C(N)=C/C=C(/C)CC. The second-order valence-corrected chi connectivity index (χ2v) is 12.1. The zero-order chi connectivity index (χ0) is 37.2. The van der Waals surface area contributed by atoms with Crippen LogP contribution in [0.5, 0.6) is 11.5 Å². The zero-order valence-electron chi connectivity index (χ0n) is 28.8. The molecule has 270 valence electrons. The largest absolute Gasteiger partial charge is 0.482 e. The maximum Gasteiger partial charge on any atom is 0.407 e. The van der Waals surface area contributed by atoms with E-state index >= 15 is 0 Å². The van der Waals surface area contributed by atoms with E-state index in [4.69, 9.17) is 15.2 Å². The quantitative estimate of drug-likeness (QED) is 0.0542. The number of alkyl carbamates (subject to hydrolysis) is 1. The van der Waals surface area contributed by atoms with Gasteiger partial charge in [0.25, 0.3) is 5.91 Å². The summed E-state index contributed by atoms with van der Waals surface area (Å²) in [6.07, 6.45) is 2.75. The molecule has 0 spiro atoms. The molecule has 0 aliphatic carbocycles. The molecule has 2 amide bonds. The van der Waals surface area contributed by atoms with Crippen LogP contribution in [0.2, 0.25) is 0 Å². The molecule has 49 heavy (non-hydrogen) atoms. The van der Waals surface area contributed by atoms with Crippen LogP contribution in [0.25, 0.3) is 0 Å². The number of halogens is 5. The van der Waals surface area contributed by atoms with Gasteiger partial charge in [-0.3, -0.25) is 4.79 Å². The molecule has 0 saturated heterocycles. The van der Waals surface area contributed by atoms with Crippen LogP contribution >= 0.6 is 0 Å². The van der Waals surface area contributed by atoms with Crippen molar-refractivity contribution in [1.82, 2.24) is 15.5 Å². The van der Waals surface area contributed by atoms with E-state index < -0.39 is 70.1 Å². The van der Waals surface area contributed by atoms with Gasteiger partial charge in [-0.15, -0.1) is 0 Å². The number of hydrogen-bond acceptors (Lipinski definition) is 8. The van der Waals surface area contributed by atoms with Gasteiger partial charge in [0.2, 0.25) is 34.8 Å². The molecule has 15 heteroatoms. The maximum absolute atomic E-state index is 14.3. The van der Waals surface area contributed by atoms with E-state index in [-0.39, 0.29) is 42.2 Å². The Morgan fingerprint density at radius 1 is 0.939 bits per heavy atom. The van der Waals surface area contributed by atoms with Crippen molar-refractivity contribution in [3.05, 3.63) is 81.3 Å². The number of esters is 1. The van der Waals surface area contributed by atoms with Gasteiger partial charge in [-0.05, 0) is 78.8 Å². The number of rotatable bonds is 14. The molecule has 0 aliphatic heterocycles. The van der Waals surface area contributed by atoms with E-state index in [9.17, 15) is 36.3 Å². The average Bonchev–Trinajstić information content (AvgIpc) is 3.02. The number of ether oxygens (including phenoxy) is 3. The van der Waals surface area contributed by atoms with Gasteiger partial charge in [-0.1, -0.05) is 18.6 Å². The minimum absolute atomic E-state index is 0.0333. The minimum Gasteiger partial charge on any atom is -0.482 e. The molecule has 0 heterocycles. The van der Waals surface area contributed by atoms with Crippen LogP contribution < -0.4 is 25.8 Å². The zero-order valence-corrected chi connectivity index (χ0v) is 28.8. The van der Waals surface area contributed by atoms with Gasteiger partial charge < -0.3 is 35.5 Å². The van der Waals surface area contributed by atoms with Crippen LogP contribution in [0.3, 0.4) is 0 Å². The topological polar surface area (TPSA) is 132 Å². The fraction of sp³-hybridized carbons (Fsp3) is 0.441. The molecule has 4 N–H and O–H groups in total. The first-order valence-electron chi connectivity index (χ1n) is 15.4. The third-order valence-corrected chi connectivity index (χ3v) is 6.89. The lowest BCUT2D eigenvalue weighted by molar-refractivity contribution is 0.0521. The lowest BCUT2D eigenvalue weighted by atomic mass is 10.0. The molecular weight excluding hydrogens is 655 g/mol. The molecule has 2 aromatic rings. The third-order valence-electron chi connectivity index (χ3n) is 6.89. The first kappa shape index (κ1) is 40.5. The highest BCUT2D eigenvalue weighted by atomic mass is 19.2. The fourth-order valence-corrected chi connectivity index (χ4v) is 4.12. The van der Waals surface area contributed by atoms with Crippen molar-refractivity contribution in [3.63, 3.8) is 0 Å². The number of likely N-dealkylation sites (N-methyl/N-ethyl adjacent to an activating group) is 1. The van der Waals surface area contributed by atoms with Crippen LogP contribution in [0.1, 0.15) is 74.2 Å². The summed E-state index contributed by atoms with van der Waals surface area (Å²) in [5, 5.41) is 5.24. The molecule has 10 nitrogen and oxygen atoms in total. The van der Waals surface area contributed by atoms with Crippen molar-refractivity contribution in [1.29, 1.82) is 0 Å². The van der Waals surface area contributed by atoms with Gasteiger partial charge in [0.15, 0.2) is 6.10 Å². The van der Waals surface area contributed by atoms with E-state index in [0.717, 1.165) is 18.1 Å². The van der Waals surface area contributed by atoms with Crippen molar-refractivity contribution in [3.8, 4) is 11.5 Å². The fourth-order valence-electron chi connectivity index (χ4n) is 4.12. The summed E-state index contributed by atoms with van der Waals surface area (Å²) in [4.78, 5) is 40.1. The number of allylic oxidation sites excluding steroid dienone is 3. The highest BCUT2D eigenvalue weighted by Crippen LogP contribution is 2.31. The Labute approximate surface area is 282 Å². The lowest BCUT2D eigenvalue weighted by Crippen LogP contribution is -2.41. The number of nitrogens with one attached hydrogen (secondary N) is 2. The predicted octanol–water partition coefficient (Wildman–Crippen LogP) is 6.06. The number of carbonyl (C=O) groups excluding carboxylic acids is 3. The Balaban J connectivity index is 2.49. The number of carbonyl (C=O) groups is 3. The van der Waals surface area contributed by atoms with Gasteiger partial charge in [-0.2, -0.15) is 8.78 Å². The summed E-state index contributed by atoms with van der Waals surface area (Å²) in [5.41, 5.74) is 6.54. The molecule has 0 radical (unpaired) electrons. The monoisotopic (exact) mass is 698 g/mol. The van der Waals surface area contributed by atoms with Crippen molar-refractivity contribution in [2.24, 2.45) is 5.73 Å². The summed E-state index contributed by atoms with van der Waals surface area (Å²) in [6, 6.07) is 2.31. The number of nitrogens with zero attached hydrogens (tertiary/aromatic N) is 1. The summed E-state index contributed by atoms with van der Waals surface area (Å²) >= 11 is 0. The molecule has 0 fully saturated rings. The second kappa shape index (κ2) is 17.7. The van der Waals surface area contributed by atoms with E-state index in [2.05, 4.69) is 15.4 Å². The second-order valence-electron chi connectivity index (χ2n) is 12.1. The van der Waals surface area contributed by atoms with Crippen molar-refractivity contribution < 1.29 is 50.5 Å². The molecule has 1 atom stereocenters. The summed E-state index contributed by atoms with van der Waals surface area (Å²) in [6.45, 7) is 13.0. The van der Waals surface area contributed by atoms with Crippen LogP contribution in [0, 0.1) is 36.0 Å². The van der Waals surface area contributed by atoms with Crippen LogP contribution in [-0.4, -0.2) is 67.8 Å².